The maximum Gasteiger partial charge on any atom is 0.0812 e. The quantitative estimate of drug-likeness (QED) is 0.886. The average Bonchev–Trinajstić information content (AvgIpc) is 2.92. The molecule has 1 heterocycles. The summed E-state index contributed by atoms with van der Waals surface area (Å²) >= 11 is 2.01. The van der Waals surface area contributed by atoms with Crippen LogP contribution in [0.2, 0.25) is 0 Å². The third-order valence-corrected chi connectivity index (χ3v) is 5.99. The molecule has 0 saturated heterocycles. The normalized spacial score (nSPS) is 33.4. The van der Waals surface area contributed by atoms with E-state index in [9.17, 15) is 5.11 Å². The van der Waals surface area contributed by atoms with E-state index < -0.39 is 0 Å². The predicted octanol–water partition coefficient (Wildman–Crippen LogP) is 3.95. The summed E-state index contributed by atoms with van der Waals surface area (Å²) in [5.74, 6) is 0. The van der Waals surface area contributed by atoms with Crippen LogP contribution in [-0.4, -0.2) is 21.2 Å². The Morgan fingerprint density at radius 3 is 2.84 bits per heavy atom. The number of aliphatic hydroxyl groups excluding tert-OH is 1. The van der Waals surface area contributed by atoms with Gasteiger partial charge in [0.15, 0.2) is 0 Å². The maximum absolute atomic E-state index is 10.3. The average molecular weight is 279 g/mol. The fraction of sp³-hybridized carbons (Fsp3) is 0.750. The number of aromatic nitrogens is 1. The third-order valence-electron chi connectivity index (χ3n) is 4.89. The Kier molecular flexibility index (Phi) is 3.46. The van der Waals surface area contributed by atoms with E-state index in [2.05, 4.69) is 36.9 Å². The van der Waals surface area contributed by atoms with Crippen molar-refractivity contribution in [3.63, 3.8) is 0 Å². The molecule has 0 aliphatic heterocycles. The molecule has 1 N–H and O–H groups in total. The van der Waals surface area contributed by atoms with Crippen LogP contribution in [0.4, 0.5) is 0 Å². The molecule has 1 saturated carbocycles. The van der Waals surface area contributed by atoms with Gasteiger partial charge in [0.25, 0.3) is 0 Å². The van der Waals surface area contributed by atoms with Crippen molar-refractivity contribution < 1.29 is 5.11 Å². The van der Waals surface area contributed by atoms with Gasteiger partial charge in [-0.05, 0) is 49.8 Å². The van der Waals surface area contributed by atoms with Crippen molar-refractivity contribution in [2.75, 3.05) is 6.26 Å². The van der Waals surface area contributed by atoms with E-state index in [1.54, 1.807) is 0 Å². The summed E-state index contributed by atoms with van der Waals surface area (Å²) in [6.07, 6.45) is 10.1. The van der Waals surface area contributed by atoms with Gasteiger partial charge in [0, 0.05) is 28.7 Å². The number of nitrogens with zero attached hydrogens (tertiary/aromatic N) is 1. The van der Waals surface area contributed by atoms with Gasteiger partial charge in [-0.1, -0.05) is 13.8 Å². The summed E-state index contributed by atoms with van der Waals surface area (Å²) in [5.41, 5.74) is 2.81. The second-order valence-electron chi connectivity index (χ2n) is 7.01. The van der Waals surface area contributed by atoms with Crippen molar-refractivity contribution in [1.82, 2.24) is 4.57 Å². The van der Waals surface area contributed by atoms with E-state index >= 15 is 0 Å². The third kappa shape index (κ3) is 2.47. The highest BCUT2D eigenvalue weighted by molar-refractivity contribution is 7.99. The highest BCUT2D eigenvalue weighted by Gasteiger charge is 2.35. The molecule has 0 amide bonds. The molecular formula is C16H25NOS. The number of rotatable bonds is 2. The zero-order valence-electron chi connectivity index (χ0n) is 12.2. The Labute approximate surface area is 120 Å². The molecule has 0 aromatic carbocycles. The Morgan fingerprint density at radius 1 is 1.37 bits per heavy atom. The molecular weight excluding hydrogens is 254 g/mol. The van der Waals surface area contributed by atoms with Crippen molar-refractivity contribution in [3.8, 4) is 0 Å². The first-order chi connectivity index (χ1) is 9.00. The van der Waals surface area contributed by atoms with Crippen LogP contribution >= 0.6 is 11.8 Å². The lowest BCUT2D eigenvalue weighted by molar-refractivity contribution is 0.0974. The van der Waals surface area contributed by atoms with E-state index in [-0.39, 0.29) is 11.5 Å². The van der Waals surface area contributed by atoms with Gasteiger partial charge in [-0.3, -0.25) is 0 Å². The molecule has 1 fully saturated rings. The van der Waals surface area contributed by atoms with Crippen molar-refractivity contribution in [2.24, 2.45) is 5.41 Å². The lowest BCUT2D eigenvalue weighted by atomic mass is 9.75. The topological polar surface area (TPSA) is 25.2 Å². The summed E-state index contributed by atoms with van der Waals surface area (Å²) in [5, 5.41) is 11.2. The molecule has 19 heavy (non-hydrogen) atoms. The fourth-order valence-electron chi connectivity index (χ4n) is 3.88. The highest BCUT2D eigenvalue weighted by Crippen LogP contribution is 2.44. The minimum Gasteiger partial charge on any atom is -0.388 e. The molecule has 0 spiro atoms. The summed E-state index contributed by atoms with van der Waals surface area (Å²) in [4.78, 5) is 0. The van der Waals surface area contributed by atoms with E-state index in [0.29, 0.717) is 6.04 Å². The van der Waals surface area contributed by atoms with Gasteiger partial charge < -0.3 is 9.67 Å². The molecule has 3 rings (SSSR count). The number of fused-ring (bicyclic) bond motifs is 1. The van der Waals surface area contributed by atoms with Crippen LogP contribution in [0.1, 0.15) is 62.9 Å². The van der Waals surface area contributed by atoms with E-state index in [0.717, 1.165) is 18.1 Å². The van der Waals surface area contributed by atoms with Gasteiger partial charge in [0.05, 0.1) is 6.10 Å². The first-order valence-corrected chi connectivity index (χ1v) is 8.69. The van der Waals surface area contributed by atoms with Crippen molar-refractivity contribution >= 4 is 11.8 Å². The largest absolute Gasteiger partial charge is 0.388 e. The molecule has 3 unspecified atom stereocenters. The predicted molar refractivity (Wildman–Crippen MR) is 81.7 cm³/mol. The second-order valence-corrected chi connectivity index (χ2v) is 8.15. The van der Waals surface area contributed by atoms with Gasteiger partial charge >= 0.3 is 0 Å². The van der Waals surface area contributed by atoms with Crippen LogP contribution in [0.15, 0.2) is 12.3 Å². The maximum atomic E-state index is 10.3. The first kappa shape index (κ1) is 13.6. The molecule has 106 valence electrons. The van der Waals surface area contributed by atoms with Crippen LogP contribution in [-0.2, 0) is 6.42 Å². The smallest absolute Gasteiger partial charge is 0.0812 e. The monoisotopic (exact) mass is 279 g/mol. The molecule has 1 aromatic rings. The molecule has 0 radical (unpaired) electrons. The fourth-order valence-corrected chi connectivity index (χ4v) is 4.66. The van der Waals surface area contributed by atoms with Crippen molar-refractivity contribution in [2.45, 2.75) is 63.3 Å². The van der Waals surface area contributed by atoms with Crippen LogP contribution in [0, 0.1) is 5.41 Å². The minimum atomic E-state index is -0.266. The Hall–Kier alpha value is -0.410. The lowest BCUT2D eigenvalue weighted by Crippen LogP contribution is -2.27. The van der Waals surface area contributed by atoms with Gasteiger partial charge in [0.1, 0.15) is 0 Å². The molecule has 3 atom stereocenters. The Bertz CT molecular complexity index is 465. The number of thioether (sulfide) groups is 1. The first-order valence-electron chi connectivity index (χ1n) is 7.40. The van der Waals surface area contributed by atoms with Crippen molar-refractivity contribution in [3.05, 3.63) is 23.5 Å². The van der Waals surface area contributed by atoms with E-state index in [4.69, 9.17) is 0 Å². The zero-order valence-corrected chi connectivity index (χ0v) is 13.0. The molecule has 2 nitrogen and oxygen atoms in total. The summed E-state index contributed by atoms with van der Waals surface area (Å²) in [6.45, 7) is 4.55. The van der Waals surface area contributed by atoms with E-state index in [1.165, 1.54) is 30.5 Å². The van der Waals surface area contributed by atoms with Crippen LogP contribution in [0.5, 0.6) is 0 Å². The van der Waals surface area contributed by atoms with Crippen LogP contribution < -0.4 is 0 Å². The number of aliphatic hydroxyl groups is 1. The second kappa shape index (κ2) is 4.85. The summed E-state index contributed by atoms with van der Waals surface area (Å²) in [7, 11) is 0. The standard InChI is InChI=1S/C16H25NOS/c1-16(2)9-14-13(15(18)10-16)6-7-17(14)11-4-5-12(8-11)19-3/h6-7,11-12,15,18H,4-5,8-10H2,1-3H3. The SMILES string of the molecule is CSC1CCC(n2ccc3c2CC(C)(C)CC3O)C1. The minimum absolute atomic E-state index is 0.222. The number of hydrogen-bond donors (Lipinski definition) is 1. The molecule has 2 aliphatic carbocycles. The van der Waals surface area contributed by atoms with Crippen LogP contribution in [0.25, 0.3) is 0 Å². The zero-order chi connectivity index (χ0) is 13.6. The molecule has 3 heteroatoms. The van der Waals surface area contributed by atoms with Gasteiger partial charge in [-0.15, -0.1) is 0 Å². The number of hydrogen-bond acceptors (Lipinski definition) is 2. The lowest BCUT2D eigenvalue weighted by Gasteiger charge is -2.34. The van der Waals surface area contributed by atoms with E-state index in [1.807, 2.05) is 11.8 Å². The van der Waals surface area contributed by atoms with Gasteiger partial charge in [-0.2, -0.15) is 11.8 Å². The molecule has 2 aliphatic rings. The highest BCUT2D eigenvalue weighted by atomic mass is 32.2. The summed E-state index contributed by atoms with van der Waals surface area (Å²) < 4.78 is 2.48. The molecule has 0 bridgehead atoms. The summed E-state index contributed by atoms with van der Waals surface area (Å²) in [6, 6.07) is 2.81. The van der Waals surface area contributed by atoms with Crippen LogP contribution in [0.3, 0.4) is 0 Å². The van der Waals surface area contributed by atoms with Gasteiger partial charge in [0.2, 0.25) is 0 Å². The van der Waals surface area contributed by atoms with Crippen molar-refractivity contribution in [1.29, 1.82) is 0 Å². The Morgan fingerprint density at radius 2 is 2.16 bits per heavy atom. The molecule has 1 aromatic heterocycles. The Balaban J connectivity index is 1.89. The van der Waals surface area contributed by atoms with Gasteiger partial charge in [-0.25, -0.2) is 0 Å².